The Morgan fingerprint density at radius 1 is 0.417 bits per heavy atom. The van der Waals surface area contributed by atoms with E-state index in [1.807, 2.05) is 0 Å². The van der Waals surface area contributed by atoms with E-state index in [0.717, 1.165) is 0 Å². The van der Waals surface area contributed by atoms with Gasteiger partial charge in [0.15, 0.2) is 0 Å². The number of hydrogen-bond donors (Lipinski definition) is 2. The third-order valence-electron chi connectivity index (χ3n) is 5.76. The summed E-state index contributed by atoms with van der Waals surface area (Å²) in [4.78, 5) is 0. The maximum atomic E-state index is 4.09. The van der Waals surface area contributed by atoms with E-state index in [2.05, 4.69) is 38.3 Å². The lowest BCUT2D eigenvalue weighted by Gasteiger charge is -2.44. The molecule has 1 aliphatic rings. The van der Waals surface area contributed by atoms with Crippen molar-refractivity contribution >= 4 is 0 Å². The Hall–Kier alpha value is -0.0800. The van der Waals surface area contributed by atoms with Crippen molar-refractivity contribution in [2.75, 3.05) is 0 Å². The van der Waals surface area contributed by atoms with Crippen LogP contribution in [0, 0.1) is 0 Å². The van der Waals surface area contributed by atoms with E-state index in [1.165, 1.54) is 89.9 Å². The second kappa shape index (κ2) is 14.1. The highest BCUT2D eigenvalue weighted by Crippen LogP contribution is 2.23. The fraction of sp³-hybridized carbons (Fsp3) is 1.00. The van der Waals surface area contributed by atoms with Gasteiger partial charge in [0.1, 0.15) is 0 Å². The van der Waals surface area contributed by atoms with Crippen molar-refractivity contribution in [2.45, 2.75) is 142 Å². The van der Waals surface area contributed by atoms with Crippen LogP contribution in [0.25, 0.3) is 0 Å². The van der Waals surface area contributed by atoms with Crippen LogP contribution in [-0.4, -0.2) is 24.2 Å². The minimum Gasteiger partial charge on any atom is -0.308 e. The van der Waals surface area contributed by atoms with Gasteiger partial charge >= 0.3 is 0 Å². The van der Waals surface area contributed by atoms with Crippen molar-refractivity contribution in [3.63, 3.8) is 0 Å². The fourth-order valence-corrected chi connectivity index (χ4v) is 4.36. The molecule has 0 aromatic carbocycles. The first-order valence-corrected chi connectivity index (χ1v) is 11.3. The number of nitrogens with one attached hydrogen (secondary N) is 2. The Balaban J connectivity index is 2.57. The van der Waals surface area contributed by atoms with Gasteiger partial charge in [-0.3, -0.25) is 0 Å². The van der Waals surface area contributed by atoms with Crippen LogP contribution in [0.4, 0.5) is 0 Å². The van der Waals surface area contributed by atoms with Crippen molar-refractivity contribution in [1.29, 1.82) is 0 Å². The van der Waals surface area contributed by atoms with Crippen LogP contribution in [-0.2, 0) is 0 Å². The van der Waals surface area contributed by atoms with Crippen LogP contribution in [0.3, 0.4) is 0 Å². The van der Waals surface area contributed by atoms with Gasteiger partial charge in [-0.05, 0) is 25.7 Å². The molecule has 2 heteroatoms. The molecule has 1 aliphatic heterocycles. The predicted molar refractivity (Wildman–Crippen MR) is 109 cm³/mol. The van der Waals surface area contributed by atoms with Crippen LogP contribution in [0.15, 0.2) is 0 Å². The van der Waals surface area contributed by atoms with Gasteiger partial charge < -0.3 is 10.6 Å². The molecular formula is C22H46N2. The number of hydrogen-bond acceptors (Lipinski definition) is 2. The Morgan fingerprint density at radius 2 is 0.792 bits per heavy atom. The van der Waals surface area contributed by atoms with E-state index in [1.54, 1.807) is 0 Å². The molecule has 2 nitrogen and oxygen atoms in total. The maximum Gasteiger partial charge on any atom is 0.0224 e. The summed E-state index contributed by atoms with van der Waals surface area (Å²) in [6, 6.07) is 2.79. The summed E-state index contributed by atoms with van der Waals surface area (Å²) in [6.07, 6.45) is 19.1. The predicted octanol–water partition coefficient (Wildman–Crippen LogP) is 6.19. The molecule has 0 saturated carbocycles. The Kier molecular flexibility index (Phi) is 12.9. The van der Waals surface area contributed by atoms with Crippen LogP contribution in [0.5, 0.6) is 0 Å². The lowest BCUT2D eigenvalue weighted by Crippen LogP contribution is -2.65. The standard InChI is InChI=1S/C22H46N2/c1-5-9-11-13-17-21-22(18-14-12-10-6-2)24-20(16-8-4)19(23-21)15-7-3/h19-24H,5-18H2,1-4H3. The van der Waals surface area contributed by atoms with Crippen LogP contribution < -0.4 is 10.6 Å². The van der Waals surface area contributed by atoms with Gasteiger partial charge in [0.05, 0.1) is 0 Å². The summed E-state index contributed by atoms with van der Waals surface area (Å²) in [7, 11) is 0. The molecule has 4 unspecified atom stereocenters. The van der Waals surface area contributed by atoms with Crippen LogP contribution >= 0.6 is 0 Å². The molecule has 0 aromatic heterocycles. The van der Waals surface area contributed by atoms with Crippen molar-refractivity contribution in [3.05, 3.63) is 0 Å². The maximum absolute atomic E-state index is 4.09. The van der Waals surface area contributed by atoms with Gasteiger partial charge in [-0.15, -0.1) is 0 Å². The molecular weight excluding hydrogens is 292 g/mol. The molecule has 144 valence electrons. The molecule has 1 heterocycles. The lowest BCUT2D eigenvalue weighted by molar-refractivity contribution is 0.173. The van der Waals surface area contributed by atoms with Gasteiger partial charge in [0.25, 0.3) is 0 Å². The summed E-state index contributed by atoms with van der Waals surface area (Å²) in [5.41, 5.74) is 0. The highest BCUT2D eigenvalue weighted by Gasteiger charge is 2.34. The third-order valence-corrected chi connectivity index (χ3v) is 5.76. The largest absolute Gasteiger partial charge is 0.308 e. The minimum atomic E-state index is 0.693. The van der Waals surface area contributed by atoms with E-state index in [0.29, 0.717) is 24.2 Å². The second-order valence-corrected chi connectivity index (χ2v) is 8.04. The molecule has 24 heavy (non-hydrogen) atoms. The van der Waals surface area contributed by atoms with Gasteiger partial charge in [-0.2, -0.15) is 0 Å². The molecule has 4 atom stereocenters. The first-order valence-electron chi connectivity index (χ1n) is 11.3. The molecule has 0 amide bonds. The molecule has 1 fully saturated rings. The van der Waals surface area contributed by atoms with Crippen LogP contribution in [0.2, 0.25) is 0 Å². The highest BCUT2D eigenvalue weighted by molar-refractivity contribution is 4.97. The molecule has 1 rings (SSSR count). The molecule has 0 radical (unpaired) electrons. The van der Waals surface area contributed by atoms with E-state index in [9.17, 15) is 0 Å². The van der Waals surface area contributed by atoms with E-state index < -0.39 is 0 Å². The normalized spacial score (nSPS) is 27.5. The van der Waals surface area contributed by atoms with Gasteiger partial charge in [0, 0.05) is 24.2 Å². The SMILES string of the molecule is CCCCCCC1NC(CCC)C(CCC)NC1CCCCCC. The summed E-state index contributed by atoms with van der Waals surface area (Å²) in [5, 5.41) is 8.19. The first kappa shape index (κ1) is 22.0. The van der Waals surface area contributed by atoms with Crippen molar-refractivity contribution in [2.24, 2.45) is 0 Å². The summed E-state index contributed by atoms with van der Waals surface area (Å²) in [5.74, 6) is 0. The molecule has 0 bridgehead atoms. The van der Waals surface area contributed by atoms with E-state index in [-0.39, 0.29) is 0 Å². The third kappa shape index (κ3) is 8.34. The second-order valence-electron chi connectivity index (χ2n) is 8.04. The molecule has 0 aromatic rings. The number of piperazine rings is 1. The van der Waals surface area contributed by atoms with Crippen molar-refractivity contribution in [1.82, 2.24) is 10.6 Å². The summed E-state index contributed by atoms with van der Waals surface area (Å²) in [6.45, 7) is 9.28. The number of unbranched alkanes of at least 4 members (excludes halogenated alkanes) is 6. The lowest BCUT2D eigenvalue weighted by atomic mass is 9.87. The van der Waals surface area contributed by atoms with Gasteiger partial charge in [0.2, 0.25) is 0 Å². The molecule has 2 N–H and O–H groups in total. The zero-order valence-corrected chi connectivity index (χ0v) is 17.2. The van der Waals surface area contributed by atoms with E-state index in [4.69, 9.17) is 0 Å². The first-order chi connectivity index (χ1) is 11.8. The molecule has 1 saturated heterocycles. The monoisotopic (exact) mass is 338 g/mol. The topological polar surface area (TPSA) is 24.1 Å². The average molecular weight is 339 g/mol. The van der Waals surface area contributed by atoms with Crippen molar-refractivity contribution < 1.29 is 0 Å². The average Bonchev–Trinajstić information content (AvgIpc) is 2.58. The fourth-order valence-electron chi connectivity index (χ4n) is 4.36. The molecule has 0 aliphatic carbocycles. The smallest absolute Gasteiger partial charge is 0.0224 e. The Morgan fingerprint density at radius 3 is 1.12 bits per heavy atom. The number of rotatable bonds is 14. The zero-order chi connectivity index (χ0) is 17.6. The van der Waals surface area contributed by atoms with E-state index >= 15 is 0 Å². The molecule has 0 spiro atoms. The van der Waals surface area contributed by atoms with Crippen molar-refractivity contribution in [3.8, 4) is 0 Å². The summed E-state index contributed by atoms with van der Waals surface area (Å²) < 4.78 is 0. The Bertz CT molecular complexity index is 251. The summed E-state index contributed by atoms with van der Waals surface area (Å²) >= 11 is 0. The zero-order valence-electron chi connectivity index (χ0n) is 17.2. The minimum absolute atomic E-state index is 0.693. The van der Waals surface area contributed by atoms with Gasteiger partial charge in [-0.1, -0.05) is 91.9 Å². The van der Waals surface area contributed by atoms with Crippen LogP contribution in [0.1, 0.15) is 118 Å². The highest BCUT2D eigenvalue weighted by atomic mass is 15.1. The van der Waals surface area contributed by atoms with Gasteiger partial charge in [-0.25, -0.2) is 0 Å². The Labute approximate surface area is 152 Å². The quantitative estimate of drug-likeness (QED) is 0.369.